The van der Waals surface area contributed by atoms with Crippen molar-refractivity contribution in [1.29, 1.82) is 5.26 Å². The topological polar surface area (TPSA) is 96.3 Å². The lowest BCUT2D eigenvalue weighted by Crippen LogP contribution is -2.13. The van der Waals surface area contributed by atoms with Gasteiger partial charge in [-0.2, -0.15) is 13.7 Å². The molecule has 10 heteroatoms. The number of rotatable bonds is 6. The first kappa shape index (κ1) is 25.4. The number of hydrogen-bond donors (Lipinski definition) is 1. The number of amides is 1. The smallest absolute Gasteiger partial charge is 0.339 e. The second kappa shape index (κ2) is 10.8. The third-order valence-corrected chi connectivity index (χ3v) is 7.37. The van der Waals surface area contributed by atoms with Crippen molar-refractivity contribution in [3.63, 3.8) is 0 Å². The molecule has 6 nitrogen and oxygen atoms in total. The molecule has 1 N–H and O–H groups in total. The number of nitriles is 1. The molecule has 0 saturated heterocycles. The molecule has 1 amide bonds. The van der Waals surface area contributed by atoms with E-state index in [2.05, 4.69) is 59.8 Å². The van der Waals surface area contributed by atoms with E-state index in [1.165, 1.54) is 18.2 Å². The van der Waals surface area contributed by atoms with E-state index in [4.69, 9.17) is 4.18 Å². The molecule has 168 valence electrons. The highest BCUT2D eigenvalue weighted by Crippen LogP contribution is 2.37. The van der Waals surface area contributed by atoms with Crippen molar-refractivity contribution in [1.82, 2.24) is 0 Å². The minimum atomic E-state index is -4.06. The van der Waals surface area contributed by atoms with Crippen LogP contribution in [0, 0.1) is 21.8 Å². The summed E-state index contributed by atoms with van der Waals surface area (Å²) < 4.78 is 32.2. The van der Waals surface area contributed by atoms with Gasteiger partial charge >= 0.3 is 10.1 Å². The van der Waals surface area contributed by atoms with Crippen molar-refractivity contribution in [3.8, 4) is 11.8 Å². The van der Waals surface area contributed by atoms with Gasteiger partial charge in [0.25, 0.3) is 5.91 Å². The molecule has 0 unspecified atom stereocenters. The second-order valence-electron chi connectivity index (χ2n) is 6.80. The predicted octanol–water partition coefficient (Wildman–Crippen LogP) is 6.44. The molecule has 0 aliphatic rings. The van der Waals surface area contributed by atoms with Crippen molar-refractivity contribution < 1.29 is 17.4 Å². The minimum Gasteiger partial charge on any atom is -0.377 e. The first-order valence-electron chi connectivity index (χ1n) is 9.28. The largest absolute Gasteiger partial charge is 0.377 e. The summed E-state index contributed by atoms with van der Waals surface area (Å²) in [6, 6.07) is 18.5. The molecule has 3 rings (SSSR count). The van der Waals surface area contributed by atoms with Gasteiger partial charge in [0.05, 0.1) is 8.95 Å². The number of aryl methyl sites for hydroxylation is 1. The van der Waals surface area contributed by atoms with Gasteiger partial charge in [0.1, 0.15) is 16.5 Å². The summed E-state index contributed by atoms with van der Waals surface area (Å²) in [4.78, 5) is 12.6. The van der Waals surface area contributed by atoms with Gasteiger partial charge in [0.2, 0.25) is 0 Å². The van der Waals surface area contributed by atoms with E-state index in [9.17, 15) is 18.5 Å². The van der Waals surface area contributed by atoms with E-state index < -0.39 is 16.0 Å². The molecule has 0 saturated carbocycles. The summed E-state index contributed by atoms with van der Waals surface area (Å²) in [7, 11) is -4.06. The van der Waals surface area contributed by atoms with E-state index in [0.29, 0.717) is 20.2 Å². The Kier molecular flexibility index (Phi) is 8.33. The lowest BCUT2D eigenvalue weighted by atomic mass is 10.1. The van der Waals surface area contributed by atoms with E-state index >= 15 is 0 Å². The van der Waals surface area contributed by atoms with Crippen LogP contribution >= 0.6 is 54.5 Å². The highest BCUT2D eigenvalue weighted by Gasteiger charge is 2.21. The van der Waals surface area contributed by atoms with Crippen LogP contribution in [-0.4, -0.2) is 14.3 Å². The van der Waals surface area contributed by atoms with Crippen LogP contribution in [0.2, 0.25) is 0 Å². The minimum absolute atomic E-state index is 0.0230. The molecular weight excluding hydrogens is 687 g/mol. The fraction of sp³-hybridized carbons (Fsp3) is 0.0435. The quantitative estimate of drug-likeness (QED) is 0.138. The Bertz CT molecular complexity index is 1380. The zero-order valence-electron chi connectivity index (χ0n) is 17.0. The van der Waals surface area contributed by atoms with Crippen molar-refractivity contribution in [2.24, 2.45) is 0 Å². The van der Waals surface area contributed by atoms with Crippen LogP contribution in [-0.2, 0) is 14.9 Å². The van der Waals surface area contributed by atoms with Gasteiger partial charge in [-0.3, -0.25) is 4.79 Å². The summed E-state index contributed by atoms with van der Waals surface area (Å²) in [5, 5.41) is 12.2. The number of carbonyl (C=O) groups excluding carboxylic acids is 1. The molecule has 0 spiro atoms. The second-order valence-corrected chi connectivity index (χ2v) is 11.3. The standard InChI is InChI=1S/C23H15Br2IN2O4S/c1-14-5-7-19(8-6-14)33(30,31)32-22-20(24)10-15(11-21(22)25)9-16(13-27)23(29)28-18-4-2-3-17(26)12-18/h2-12H,1H3,(H,28,29)/b16-9+. The third kappa shape index (κ3) is 6.66. The first-order chi connectivity index (χ1) is 15.6. The van der Waals surface area contributed by atoms with Crippen molar-refractivity contribution in [2.75, 3.05) is 5.32 Å². The Balaban J connectivity index is 1.86. The number of hydrogen-bond acceptors (Lipinski definition) is 5. The van der Waals surface area contributed by atoms with E-state index in [0.717, 1.165) is 9.13 Å². The number of benzene rings is 3. The molecule has 0 atom stereocenters. The normalized spacial score (nSPS) is 11.5. The van der Waals surface area contributed by atoms with Gasteiger partial charge in [-0.15, -0.1) is 0 Å². The molecule has 0 heterocycles. The van der Waals surface area contributed by atoms with Gasteiger partial charge in [0, 0.05) is 9.26 Å². The summed E-state index contributed by atoms with van der Waals surface area (Å²) in [6.45, 7) is 1.85. The summed E-state index contributed by atoms with van der Waals surface area (Å²) in [5.41, 5.74) is 1.86. The Morgan fingerprint density at radius 3 is 2.30 bits per heavy atom. The fourth-order valence-electron chi connectivity index (χ4n) is 2.69. The Morgan fingerprint density at radius 1 is 1.09 bits per heavy atom. The van der Waals surface area contributed by atoms with E-state index in [1.54, 1.807) is 42.5 Å². The molecular formula is C23H15Br2IN2O4S. The van der Waals surface area contributed by atoms with Crippen molar-refractivity contribution >= 4 is 82.2 Å². The zero-order chi connectivity index (χ0) is 24.2. The lowest BCUT2D eigenvalue weighted by molar-refractivity contribution is -0.112. The number of halogens is 3. The van der Waals surface area contributed by atoms with Gasteiger partial charge in [-0.25, -0.2) is 0 Å². The summed E-state index contributed by atoms with van der Waals surface area (Å²) in [6.07, 6.45) is 1.40. The maximum atomic E-state index is 12.6. The third-order valence-electron chi connectivity index (χ3n) is 4.28. The fourth-order valence-corrected chi connectivity index (χ4v) is 5.79. The van der Waals surface area contributed by atoms with Crippen LogP contribution in [0.25, 0.3) is 6.08 Å². The maximum Gasteiger partial charge on any atom is 0.339 e. The first-order valence-corrected chi connectivity index (χ1v) is 13.4. The number of carbonyl (C=O) groups is 1. The summed E-state index contributed by atoms with van der Waals surface area (Å²) in [5.74, 6) is -0.511. The van der Waals surface area contributed by atoms with Crippen LogP contribution in [0.3, 0.4) is 0 Å². The number of nitrogens with one attached hydrogen (secondary N) is 1. The Labute approximate surface area is 222 Å². The molecule has 3 aromatic rings. The monoisotopic (exact) mass is 700 g/mol. The molecule has 3 aromatic carbocycles. The number of nitrogens with zero attached hydrogens (tertiary/aromatic N) is 1. The van der Waals surface area contributed by atoms with Crippen LogP contribution in [0.5, 0.6) is 5.75 Å². The van der Waals surface area contributed by atoms with Crippen LogP contribution in [0.15, 0.2) is 80.1 Å². The highest BCUT2D eigenvalue weighted by atomic mass is 127. The molecule has 0 aromatic heterocycles. The Morgan fingerprint density at radius 2 is 1.73 bits per heavy atom. The van der Waals surface area contributed by atoms with Gasteiger partial charge < -0.3 is 9.50 Å². The molecule has 0 aliphatic heterocycles. The molecule has 0 aliphatic carbocycles. The van der Waals surface area contributed by atoms with Gasteiger partial charge in [-0.1, -0.05) is 23.8 Å². The van der Waals surface area contributed by atoms with Crippen LogP contribution in [0.1, 0.15) is 11.1 Å². The Hall–Kier alpha value is -2.20. The van der Waals surface area contributed by atoms with Crippen molar-refractivity contribution in [2.45, 2.75) is 11.8 Å². The van der Waals surface area contributed by atoms with Crippen molar-refractivity contribution in [3.05, 3.63) is 89.9 Å². The van der Waals surface area contributed by atoms with Crippen LogP contribution < -0.4 is 9.50 Å². The van der Waals surface area contributed by atoms with Gasteiger partial charge in [0.15, 0.2) is 5.75 Å². The van der Waals surface area contributed by atoms with E-state index in [-0.39, 0.29) is 16.2 Å². The lowest BCUT2D eigenvalue weighted by Gasteiger charge is -2.12. The SMILES string of the molecule is Cc1ccc(S(=O)(=O)Oc2c(Br)cc(/C=C(\C#N)C(=O)Nc3cccc(I)c3)cc2Br)cc1. The maximum absolute atomic E-state index is 12.6. The zero-order valence-corrected chi connectivity index (χ0v) is 23.1. The molecule has 0 radical (unpaired) electrons. The van der Waals surface area contributed by atoms with Crippen LogP contribution in [0.4, 0.5) is 5.69 Å². The molecule has 0 bridgehead atoms. The van der Waals surface area contributed by atoms with Gasteiger partial charge in [-0.05, 0) is 115 Å². The average Bonchev–Trinajstić information content (AvgIpc) is 2.75. The average molecular weight is 702 g/mol. The van der Waals surface area contributed by atoms with E-state index in [1.807, 2.05) is 19.1 Å². The number of anilines is 1. The molecule has 0 fully saturated rings. The highest BCUT2D eigenvalue weighted by molar-refractivity contribution is 14.1. The summed E-state index contributed by atoms with van der Waals surface area (Å²) >= 11 is 8.75. The predicted molar refractivity (Wildman–Crippen MR) is 142 cm³/mol. The molecule has 33 heavy (non-hydrogen) atoms.